The average molecular weight is 339 g/mol. The third-order valence-electron chi connectivity index (χ3n) is 3.54. The molecule has 0 aliphatic heterocycles. The van der Waals surface area contributed by atoms with Crippen LogP contribution in [0.25, 0.3) is 0 Å². The van der Waals surface area contributed by atoms with Crippen molar-refractivity contribution in [2.75, 3.05) is 0 Å². The van der Waals surface area contributed by atoms with E-state index >= 15 is 0 Å². The standard InChI is InChI=1S/C13H25Se2/c1-13(2,3)11-5-7-12(8-6-11)15-10-4-9-14/h11-12H,4-10H2,1-3H3. The van der Waals surface area contributed by atoms with Crippen LogP contribution < -0.4 is 0 Å². The molecule has 0 N–H and O–H groups in total. The number of hydrogen-bond acceptors (Lipinski definition) is 0. The topological polar surface area (TPSA) is 0 Å². The maximum atomic E-state index is 3.12. The van der Waals surface area contributed by atoms with E-state index in [1.807, 2.05) is 0 Å². The van der Waals surface area contributed by atoms with E-state index in [1.54, 1.807) is 0 Å². The van der Waals surface area contributed by atoms with Gasteiger partial charge in [-0.05, 0) is 0 Å². The van der Waals surface area contributed by atoms with Crippen molar-refractivity contribution in [3.05, 3.63) is 0 Å². The summed E-state index contributed by atoms with van der Waals surface area (Å²) >= 11 is 4.05. The molecule has 0 bridgehead atoms. The summed E-state index contributed by atoms with van der Waals surface area (Å²) in [4.78, 5) is 1.11. The van der Waals surface area contributed by atoms with Gasteiger partial charge in [0.1, 0.15) is 0 Å². The van der Waals surface area contributed by atoms with E-state index in [-0.39, 0.29) is 0 Å². The third kappa shape index (κ3) is 5.26. The van der Waals surface area contributed by atoms with E-state index in [0.717, 1.165) is 25.7 Å². The fourth-order valence-corrected chi connectivity index (χ4v) is 6.26. The van der Waals surface area contributed by atoms with Gasteiger partial charge in [0, 0.05) is 0 Å². The molecule has 1 radical (unpaired) electrons. The minimum absolute atomic E-state index is 0.552. The van der Waals surface area contributed by atoms with Crippen molar-refractivity contribution in [1.29, 1.82) is 0 Å². The van der Waals surface area contributed by atoms with Crippen LogP contribution in [0.4, 0.5) is 0 Å². The fraction of sp³-hybridized carbons (Fsp3) is 1.00. The maximum absolute atomic E-state index is 3.12. The monoisotopic (exact) mass is 341 g/mol. The molecule has 1 aliphatic rings. The van der Waals surface area contributed by atoms with Crippen molar-refractivity contribution in [2.45, 2.75) is 68.3 Å². The molecule has 0 aromatic heterocycles. The first-order valence-corrected chi connectivity index (χ1v) is 9.65. The summed E-state index contributed by atoms with van der Waals surface area (Å²) < 4.78 is 0. The van der Waals surface area contributed by atoms with Gasteiger partial charge in [-0.2, -0.15) is 0 Å². The molecular formula is C13H25Se2. The van der Waals surface area contributed by atoms with Crippen LogP contribution in [0.1, 0.15) is 52.9 Å². The van der Waals surface area contributed by atoms with Crippen LogP contribution in [-0.4, -0.2) is 31.0 Å². The Kier molecular flexibility index (Phi) is 6.30. The molecule has 0 heterocycles. The second-order valence-electron chi connectivity index (χ2n) is 5.77. The van der Waals surface area contributed by atoms with Crippen LogP contribution in [0.2, 0.25) is 15.5 Å². The fourth-order valence-electron chi connectivity index (χ4n) is 2.40. The van der Waals surface area contributed by atoms with E-state index in [9.17, 15) is 0 Å². The predicted octanol–water partition coefficient (Wildman–Crippen LogP) is 4.11. The first-order chi connectivity index (χ1) is 7.04. The summed E-state index contributed by atoms with van der Waals surface area (Å²) in [5.41, 5.74) is 0.552. The van der Waals surface area contributed by atoms with Crippen molar-refractivity contribution < 1.29 is 0 Å². The van der Waals surface area contributed by atoms with Gasteiger partial charge < -0.3 is 0 Å². The molecule has 15 heavy (non-hydrogen) atoms. The predicted molar refractivity (Wildman–Crippen MR) is 70.9 cm³/mol. The Morgan fingerprint density at radius 1 is 1.13 bits per heavy atom. The Morgan fingerprint density at radius 3 is 2.20 bits per heavy atom. The first kappa shape index (κ1) is 14.1. The summed E-state index contributed by atoms with van der Waals surface area (Å²) in [6.07, 6.45) is 7.45. The second-order valence-corrected chi connectivity index (χ2v) is 9.58. The van der Waals surface area contributed by atoms with Gasteiger partial charge >= 0.3 is 111 Å². The van der Waals surface area contributed by atoms with E-state index in [2.05, 4.69) is 36.8 Å². The Morgan fingerprint density at radius 2 is 1.73 bits per heavy atom. The summed E-state index contributed by atoms with van der Waals surface area (Å²) in [5.74, 6) is 0.990. The molecule has 0 spiro atoms. The van der Waals surface area contributed by atoms with Crippen LogP contribution in [0.15, 0.2) is 0 Å². The molecule has 2 heteroatoms. The molecular weight excluding hydrogens is 314 g/mol. The average Bonchev–Trinajstić information content (AvgIpc) is 2.18. The zero-order chi connectivity index (χ0) is 11.3. The van der Waals surface area contributed by atoms with Crippen molar-refractivity contribution in [3.63, 3.8) is 0 Å². The van der Waals surface area contributed by atoms with Crippen molar-refractivity contribution in [1.82, 2.24) is 0 Å². The molecule has 89 valence electrons. The van der Waals surface area contributed by atoms with Gasteiger partial charge in [0.15, 0.2) is 0 Å². The van der Waals surface area contributed by atoms with Crippen molar-refractivity contribution >= 4 is 31.0 Å². The molecule has 0 unspecified atom stereocenters. The summed E-state index contributed by atoms with van der Waals surface area (Å²) in [5, 5.41) is 2.77. The Labute approximate surface area is 110 Å². The van der Waals surface area contributed by atoms with Gasteiger partial charge in [-0.1, -0.05) is 0 Å². The Balaban J connectivity index is 2.18. The molecule has 0 aromatic rings. The van der Waals surface area contributed by atoms with Crippen LogP contribution >= 0.6 is 0 Å². The first-order valence-electron chi connectivity index (χ1n) is 6.23. The molecule has 1 fully saturated rings. The van der Waals surface area contributed by atoms with Gasteiger partial charge in [0.25, 0.3) is 0 Å². The zero-order valence-corrected chi connectivity index (χ0v) is 13.8. The quantitative estimate of drug-likeness (QED) is 0.534. The summed E-state index contributed by atoms with van der Waals surface area (Å²) in [6.45, 7) is 7.24. The van der Waals surface area contributed by atoms with Gasteiger partial charge in [-0.3, -0.25) is 0 Å². The van der Waals surface area contributed by atoms with Crippen LogP contribution in [0.5, 0.6) is 0 Å². The molecule has 1 rings (SSSR count). The molecule has 0 aromatic carbocycles. The minimum atomic E-state index is 0.552. The molecule has 1 aliphatic carbocycles. The van der Waals surface area contributed by atoms with E-state index in [0.29, 0.717) is 5.41 Å². The SMILES string of the molecule is CC(C)(C)C1CCC([Se]CCC[Se])CC1. The van der Waals surface area contributed by atoms with Crippen molar-refractivity contribution in [3.8, 4) is 0 Å². The summed E-state index contributed by atoms with van der Waals surface area (Å²) in [6, 6.07) is 0. The number of rotatable bonds is 4. The Hall–Kier alpha value is 1.04. The van der Waals surface area contributed by atoms with Crippen LogP contribution in [0.3, 0.4) is 0 Å². The van der Waals surface area contributed by atoms with Gasteiger partial charge in [0.05, 0.1) is 0 Å². The molecule has 0 atom stereocenters. The van der Waals surface area contributed by atoms with Gasteiger partial charge in [-0.25, -0.2) is 0 Å². The Bertz CT molecular complexity index is 164. The number of hydrogen-bond donors (Lipinski definition) is 0. The molecule has 0 amide bonds. The van der Waals surface area contributed by atoms with E-state index < -0.39 is 0 Å². The third-order valence-corrected chi connectivity index (χ3v) is 7.23. The normalized spacial score (nSPS) is 28.0. The van der Waals surface area contributed by atoms with Crippen LogP contribution in [-0.2, 0) is 0 Å². The molecule has 0 nitrogen and oxygen atoms in total. The van der Waals surface area contributed by atoms with Crippen LogP contribution in [0, 0.1) is 11.3 Å². The molecule has 1 saturated carbocycles. The second kappa shape index (κ2) is 6.70. The molecule has 0 saturated heterocycles. The van der Waals surface area contributed by atoms with Gasteiger partial charge in [0.2, 0.25) is 0 Å². The van der Waals surface area contributed by atoms with Crippen molar-refractivity contribution in [2.24, 2.45) is 11.3 Å². The van der Waals surface area contributed by atoms with E-state index in [4.69, 9.17) is 0 Å². The van der Waals surface area contributed by atoms with E-state index in [1.165, 1.54) is 42.7 Å². The van der Waals surface area contributed by atoms with Gasteiger partial charge in [-0.15, -0.1) is 0 Å². The zero-order valence-electron chi connectivity index (χ0n) is 10.4. The summed E-state index contributed by atoms with van der Waals surface area (Å²) in [7, 11) is 0.